The minimum Gasteiger partial charge on any atom is -0.479 e. The molecular formula is C15H16O3S. The van der Waals surface area contributed by atoms with E-state index in [1.54, 1.807) is 6.92 Å². The second-order valence-corrected chi connectivity index (χ2v) is 5.06. The van der Waals surface area contributed by atoms with E-state index in [4.69, 9.17) is 8.92 Å². The maximum atomic E-state index is 11.6. The van der Waals surface area contributed by atoms with Crippen LogP contribution < -0.4 is 4.74 Å². The lowest BCUT2D eigenvalue weighted by atomic mass is 10.1. The lowest BCUT2D eigenvalue weighted by Crippen LogP contribution is -2.24. The fourth-order valence-corrected chi connectivity index (χ4v) is 2.05. The number of carbonyl (C=O) groups excluding carboxylic acids is 1. The Balaban J connectivity index is 2.06. The highest BCUT2D eigenvalue weighted by Crippen LogP contribution is 2.21. The van der Waals surface area contributed by atoms with E-state index in [0.717, 1.165) is 28.6 Å². The molecule has 100 valence electrons. The van der Waals surface area contributed by atoms with Crippen LogP contribution in [0, 0.1) is 0 Å². The van der Waals surface area contributed by atoms with Crippen LogP contribution >= 0.6 is 12.0 Å². The normalized spacial score (nSPS) is 12.1. The smallest absolute Gasteiger partial charge is 0.359 e. The van der Waals surface area contributed by atoms with E-state index < -0.39 is 6.10 Å². The number of fused-ring (bicyclic) bond motifs is 1. The lowest BCUT2D eigenvalue weighted by molar-refractivity contribution is -0.139. The van der Waals surface area contributed by atoms with Gasteiger partial charge in [-0.25, -0.2) is 4.79 Å². The van der Waals surface area contributed by atoms with Gasteiger partial charge in [-0.05, 0) is 29.8 Å². The molecule has 19 heavy (non-hydrogen) atoms. The first-order valence-electron chi connectivity index (χ1n) is 6.19. The molecule has 1 unspecified atom stereocenters. The number of carbonyl (C=O) groups is 1. The lowest BCUT2D eigenvalue weighted by Gasteiger charge is -2.13. The first-order valence-corrected chi connectivity index (χ1v) is 7.10. The summed E-state index contributed by atoms with van der Waals surface area (Å²) in [7, 11) is 0. The highest BCUT2D eigenvalue weighted by Gasteiger charge is 2.16. The fourth-order valence-electron chi connectivity index (χ4n) is 1.68. The third-order valence-electron chi connectivity index (χ3n) is 2.62. The molecule has 0 spiro atoms. The van der Waals surface area contributed by atoms with Crippen LogP contribution in [0.4, 0.5) is 0 Å². The Labute approximate surface area is 117 Å². The summed E-state index contributed by atoms with van der Waals surface area (Å²) in [6.07, 6.45) is -0.611. The van der Waals surface area contributed by atoms with Gasteiger partial charge >= 0.3 is 5.97 Å². The Morgan fingerprint density at radius 3 is 2.68 bits per heavy atom. The van der Waals surface area contributed by atoms with Crippen molar-refractivity contribution in [3.63, 3.8) is 0 Å². The van der Waals surface area contributed by atoms with Crippen molar-refractivity contribution in [1.82, 2.24) is 0 Å². The molecule has 2 aromatic carbocycles. The van der Waals surface area contributed by atoms with Gasteiger partial charge in [0.25, 0.3) is 0 Å². The minimum atomic E-state index is -0.611. The van der Waals surface area contributed by atoms with E-state index in [9.17, 15) is 4.79 Å². The Morgan fingerprint density at radius 1 is 1.21 bits per heavy atom. The van der Waals surface area contributed by atoms with Crippen molar-refractivity contribution in [1.29, 1.82) is 0 Å². The zero-order valence-electron chi connectivity index (χ0n) is 11.0. The number of ether oxygens (including phenoxy) is 1. The summed E-state index contributed by atoms with van der Waals surface area (Å²) in [5, 5.41) is 2.23. The quantitative estimate of drug-likeness (QED) is 0.778. The van der Waals surface area contributed by atoms with Gasteiger partial charge in [-0.1, -0.05) is 37.3 Å². The predicted octanol–water partition coefficient (Wildman–Crippen LogP) is 3.82. The summed E-state index contributed by atoms with van der Waals surface area (Å²) in [5.74, 6) is 1.04. The van der Waals surface area contributed by atoms with E-state index in [2.05, 4.69) is 0 Å². The van der Waals surface area contributed by atoms with Gasteiger partial charge in [-0.15, -0.1) is 0 Å². The van der Waals surface area contributed by atoms with E-state index >= 15 is 0 Å². The van der Waals surface area contributed by atoms with Gasteiger partial charge in [0.1, 0.15) is 5.75 Å². The first-order chi connectivity index (χ1) is 9.20. The monoisotopic (exact) mass is 276 g/mol. The molecule has 0 amide bonds. The summed E-state index contributed by atoms with van der Waals surface area (Å²) >= 11 is 1.13. The Morgan fingerprint density at radius 2 is 1.95 bits per heavy atom. The molecule has 0 fully saturated rings. The molecule has 0 radical (unpaired) electrons. The van der Waals surface area contributed by atoms with Crippen molar-refractivity contribution in [2.75, 3.05) is 5.75 Å². The second kappa shape index (κ2) is 6.48. The number of hydrogen-bond donors (Lipinski definition) is 0. The molecule has 2 rings (SSSR count). The standard InChI is InChI=1S/C15H16O3S/c1-3-19-18-15(16)11(2)17-14-9-8-12-6-4-5-7-13(12)10-14/h4-11H,3H2,1-2H3. The predicted molar refractivity (Wildman–Crippen MR) is 78.3 cm³/mol. The topological polar surface area (TPSA) is 35.5 Å². The third-order valence-corrected chi connectivity index (χ3v) is 3.14. The largest absolute Gasteiger partial charge is 0.479 e. The van der Waals surface area contributed by atoms with Crippen LogP contribution in [0.3, 0.4) is 0 Å². The fraction of sp³-hybridized carbons (Fsp3) is 0.267. The van der Waals surface area contributed by atoms with Gasteiger partial charge in [0, 0.05) is 5.75 Å². The van der Waals surface area contributed by atoms with Crippen molar-refractivity contribution in [2.45, 2.75) is 20.0 Å². The molecule has 1 atom stereocenters. The van der Waals surface area contributed by atoms with Crippen LogP contribution in [0.15, 0.2) is 42.5 Å². The molecule has 2 aromatic rings. The third kappa shape index (κ3) is 3.64. The van der Waals surface area contributed by atoms with Crippen molar-refractivity contribution in [2.24, 2.45) is 0 Å². The summed E-state index contributed by atoms with van der Waals surface area (Å²) in [5.41, 5.74) is 0. The van der Waals surface area contributed by atoms with E-state index in [1.165, 1.54) is 0 Å². The Kier molecular flexibility index (Phi) is 4.68. The van der Waals surface area contributed by atoms with Gasteiger partial charge < -0.3 is 8.92 Å². The van der Waals surface area contributed by atoms with Crippen LogP contribution in [0.1, 0.15) is 13.8 Å². The molecule has 4 heteroatoms. The van der Waals surface area contributed by atoms with Gasteiger partial charge in [-0.3, -0.25) is 0 Å². The molecule has 3 nitrogen and oxygen atoms in total. The van der Waals surface area contributed by atoms with Crippen LogP contribution in [-0.2, 0) is 8.98 Å². The van der Waals surface area contributed by atoms with E-state index in [1.807, 2.05) is 49.4 Å². The second-order valence-electron chi connectivity index (χ2n) is 4.08. The molecule has 0 N–H and O–H groups in total. The maximum absolute atomic E-state index is 11.6. The molecule has 0 aromatic heterocycles. The molecule has 0 saturated carbocycles. The minimum absolute atomic E-state index is 0.361. The summed E-state index contributed by atoms with van der Waals surface area (Å²) in [6.45, 7) is 3.61. The molecule has 0 saturated heterocycles. The van der Waals surface area contributed by atoms with Crippen LogP contribution in [0.2, 0.25) is 0 Å². The summed E-state index contributed by atoms with van der Waals surface area (Å²) in [6, 6.07) is 13.8. The molecular weight excluding hydrogens is 260 g/mol. The average molecular weight is 276 g/mol. The zero-order valence-corrected chi connectivity index (χ0v) is 11.8. The number of benzene rings is 2. The summed E-state index contributed by atoms with van der Waals surface area (Å²) < 4.78 is 10.6. The van der Waals surface area contributed by atoms with Crippen molar-refractivity contribution in [3.05, 3.63) is 42.5 Å². The average Bonchev–Trinajstić information content (AvgIpc) is 2.44. The van der Waals surface area contributed by atoms with E-state index in [-0.39, 0.29) is 5.97 Å². The first kappa shape index (κ1) is 13.7. The maximum Gasteiger partial charge on any atom is 0.359 e. The van der Waals surface area contributed by atoms with Crippen LogP contribution in [0.5, 0.6) is 5.75 Å². The Bertz CT molecular complexity index is 568. The highest BCUT2D eigenvalue weighted by atomic mass is 32.2. The zero-order chi connectivity index (χ0) is 13.7. The number of hydrogen-bond acceptors (Lipinski definition) is 4. The van der Waals surface area contributed by atoms with Gasteiger partial charge in [0.2, 0.25) is 0 Å². The van der Waals surface area contributed by atoms with Gasteiger partial charge in [0.05, 0.1) is 12.0 Å². The number of rotatable bonds is 5. The molecule has 0 heterocycles. The van der Waals surface area contributed by atoms with Gasteiger partial charge in [0.15, 0.2) is 6.10 Å². The highest BCUT2D eigenvalue weighted by molar-refractivity contribution is 7.95. The SMILES string of the molecule is CCSOC(=O)C(C)Oc1ccc2ccccc2c1. The van der Waals surface area contributed by atoms with Crippen LogP contribution in [0.25, 0.3) is 10.8 Å². The van der Waals surface area contributed by atoms with E-state index in [0.29, 0.717) is 5.75 Å². The molecule has 0 aliphatic rings. The summed E-state index contributed by atoms with van der Waals surface area (Å²) in [4.78, 5) is 11.6. The van der Waals surface area contributed by atoms with Crippen LogP contribution in [-0.4, -0.2) is 17.8 Å². The van der Waals surface area contributed by atoms with Gasteiger partial charge in [-0.2, -0.15) is 0 Å². The molecule has 0 aliphatic carbocycles. The van der Waals surface area contributed by atoms with Crippen molar-refractivity contribution < 1.29 is 13.7 Å². The van der Waals surface area contributed by atoms with Crippen molar-refractivity contribution >= 4 is 28.8 Å². The molecule has 0 bridgehead atoms. The molecule has 0 aliphatic heterocycles. The van der Waals surface area contributed by atoms with Crippen molar-refractivity contribution in [3.8, 4) is 5.75 Å². The Hall–Kier alpha value is -1.68.